The zero-order valence-electron chi connectivity index (χ0n) is 11.3. The van der Waals surface area contributed by atoms with Crippen LogP contribution in [0.3, 0.4) is 0 Å². The number of rotatable bonds is 6. The number of nitrogens with zero attached hydrogens (tertiary/aromatic N) is 2. The number of nitrogens with two attached hydrogens (primary N) is 1. The number of nitrogens with one attached hydrogen (secondary N) is 1. The molecule has 2 rings (SSSR count). The van der Waals surface area contributed by atoms with Crippen LogP contribution in [0.15, 0.2) is 28.9 Å². The highest BCUT2D eigenvalue weighted by atomic mass is 79.9. The number of hydrazine groups is 1. The van der Waals surface area contributed by atoms with E-state index in [0.29, 0.717) is 23.7 Å². The van der Waals surface area contributed by atoms with Gasteiger partial charge in [0.15, 0.2) is 0 Å². The van der Waals surface area contributed by atoms with Crippen molar-refractivity contribution in [1.29, 1.82) is 0 Å². The Morgan fingerprint density at radius 1 is 1.57 bits per heavy atom. The summed E-state index contributed by atoms with van der Waals surface area (Å²) in [5.41, 5.74) is 4.16. The average molecular weight is 378 g/mol. The number of aromatic nitrogens is 2. The van der Waals surface area contributed by atoms with Crippen molar-refractivity contribution in [3.8, 4) is 0 Å². The molecule has 0 saturated heterocycles. The second-order valence-electron chi connectivity index (χ2n) is 4.36. The van der Waals surface area contributed by atoms with Gasteiger partial charge in [0.05, 0.1) is 35.6 Å². The molecule has 1 aromatic heterocycles. The van der Waals surface area contributed by atoms with Gasteiger partial charge in [-0.2, -0.15) is 5.10 Å². The van der Waals surface area contributed by atoms with Crippen LogP contribution in [-0.2, 0) is 11.3 Å². The second-order valence-corrected chi connectivity index (χ2v) is 5.62. The normalized spacial score (nSPS) is 12.6. The first kappa shape index (κ1) is 16.4. The first-order valence-electron chi connectivity index (χ1n) is 6.19. The lowest BCUT2D eigenvalue weighted by molar-refractivity contribution is 0.182. The highest BCUT2D eigenvalue weighted by Gasteiger charge is 2.23. The Morgan fingerprint density at radius 3 is 2.95 bits per heavy atom. The van der Waals surface area contributed by atoms with Crippen molar-refractivity contribution < 1.29 is 9.13 Å². The maximum absolute atomic E-state index is 13.2. The van der Waals surface area contributed by atoms with Crippen LogP contribution in [0.2, 0.25) is 5.02 Å². The molecule has 0 aliphatic heterocycles. The lowest BCUT2D eigenvalue weighted by Crippen LogP contribution is -2.31. The summed E-state index contributed by atoms with van der Waals surface area (Å²) in [6.07, 6.45) is 1.67. The standard InChI is InChI=1S/C13H15BrClFN4O/c1-21-5-4-20-13(10(14)7-18-20)12(19-17)9-3-2-8(16)6-11(9)15/h2-3,6-7,12,19H,4-5,17H2,1H3. The summed E-state index contributed by atoms with van der Waals surface area (Å²) in [4.78, 5) is 0. The monoisotopic (exact) mass is 376 g/mol. The van der Waals surface area contributed by atoms with E-state index in [1.165, 1.54) is 12.1 Å². The minimum atomic E-state index is -0.424. The summed E-state index contributed by atoms with van der Waals surface area (Å²) in [6, 6.07) is 3.77. The fraction of sp³-hybridized carbons (Fsp3) is 0.308. The first-order chi connectivity index (χ1) is 10.1. The molecule has 0 aliphatic carbocycles. The lowest BCUT2D eigenvalue weighted by atomic mass is 10.0. The largest absolute Gasteiger partial charge is 0.383 e. The topological polar surface area (TPSA) is 65.1 Å². The highest BCUT2D eigenvalue weighted by Crippen LogP contribution is 2.32. The Balaban J connectivity index is 2.43. The Hall–Kier alpha value is -0.990. The van der Waals surface area contributed by atoms with Gasteiger partial charge in [-0.25, -0.2) is 9.82 Å². The molecule has 2 aromatic rings. The molecule has 1 aromatic carbocycles. The van der Waals surface area contributed by atoms with E-state index in [9.17, 15) is 4.39 Å². The van der Waals surface area contributed by atoms with Gasteiger partial charge in [-0.15, -0.1) is 0 Å². The van der Waals surface area contributed by atoms with Crippen molar-refractivity contribution in [3.05, 3.63) is 51.0 Å². The number of methoxy groups -OCH3 is 1. The van der Waals surface area contributed by atoms with Gasteiger partial charge in [0.2, 0.25) is 0 Å². The summed E-state index contributed by atoms with van der Waals surface area (Å²) in [7, 11) is 1.62. The van der Waals surface area contributed by atoms with Crippen LogP contribution in [0.25, 0.3) is 0 Å². The molecule has 3 N–H and O–H groups in total. The van der Waals surface area contributed by atoms with Gasteiger partial charge < -0.3 is 4.74 Å². The number of hydrogen-bond acceptors (Lipinski definition) is 4. The van der Waals surface area contributed by atoms with E-state index in [-0.39, 0.29) is 0 Å². The maximum Gasteiger partial charge on any atom is 0.124 e. The molecular weight excluding hydrogens is 363 g/mol. The van der Waals surface area contributed by atoms with E-state index in [0.717, 1.165) is 10.2 Å². The van der Waals surface area contributed by atoms with Gasteiger partial charge in [0.1, 0.15) is 5.82 Å². The Bertz CT molecular complexity index is 622. The van der Waals surface area contributed by atoms with Gasteiger partial charge >= 0.3 is 0 Å². The average Bonchev–Trinajstić information content (AvgIpc) is 2.81. The van der Waals surface area contributed by atoms with E-state index in [1.807, 2.05) is 0 Å². The predicted octanol–water partition coefficient (Wildman–Crippen LogP) is 2.64. The molecule has 1 heterocycles. The van der Waals surface area contributed by atoms with E-state index in [4.69, 9.17) is 22.2 Å². The SMILES string of the molecule is COCCn1ncc(Br)c1C(NN)c1ccc(F)cc1Cl. The summed E-state index contributed by atoms with van der Waals surface area (Å²) >= 11 is 9.57. The molecule has 0 bridgehead atoms. The van der Waals surface area contributed by atoms with Crippen LogP contribution >= 0.6 is 27.5 Å². The van der Waals surface area contributed by atoms with Crippen molar-refractivity contribution in [3.63, 3.8) is 0 Å². The molecule has 0 aliphatic rings. The van der Waals surface area contributed by atoms with E-state index >= 15 is 0 Å². The molecule has 0 saturated carbocycles. The van der Waals surface area contributed by atoms with Gasteiger partial charge in [-0.3, -0.25) is 10.5 Å². The van der Waals surface area contributed by atoms with E-state index in [2.05, 4.69) is 26.5 Å². The Kier molecular flexibility index (Phi) is 5.72. The molecule has 21 heavy (non-hydrogen) atoms. The van der Waals surface area contributed by atoms with Gasteiger partial charge in [-0.1, -0.05) is 17.7 Å². The first-order valence-corrected chi connectivity index (χ1v) is 7.36. The second kappa shape index (κ2) is 7.33. The van der Waals surface area contributed by atoms with Crippen molar-refractivity contribution in [2.75, 3.05) is 13.7 Å². The molecule has 8 heteroatoms. The maximum atomic E-state index is 13.2. The highest BCUT2D eigenvalue weighted by molar-refractivity contribution is 9.10. The molecule has 5 nitrogen and oxygen atoms in total. The van der Waals surface area contributed by atoms with Crippen LogP contribution in [0.4, 0.5) is 4.39 Å². The minimum Gasteiger partial charge on any atom is -0.383 e. The Labute approximate surface area is 135 Å². The summed E-state index contributed by atoms with van der Waals surface area (Å²) in [5, 5.41) is 4.57. The van der Waals surface area contributed by atoms with Crippen LogP contribution in [0.1, 0.15) is 17.3 Å². The number of halogens is 3. The van der Waals surface area contributed by atoms with E-state index in [1.54, 1.807) is 24.1 Å². The van der Waals surface area contributed by atoms with Gasteiger partial charge in [0.25, 0.3) is 0 Å². The zero-order chi connectivity index (χ0) is 15.4. The molecule has 0 fully saturated rings. The summed E-state index contributed by atoms with van der Waals surface area (Å²) in [5.74, 6) is 5.28. The fourth-order valence-electron chi connectivity index (χ4n) is 2.07. The van der Waals surface area contributed by atoms with E-state index < -0.39 is 11.9 Å². The molecule has 0 spiro atoms. The van der Waals surface area contributed by atoms with Crippen molar-refractivity contribution >= 4 is 27.5 Å². The number of ether oxygens (including phenoxy) is 1. The van der Waals surface area contributed by atoms with Crippen molar-refractivity contribution in [1.82, 2.24) is 15.2 Å². The molecule has 114 valence electrons. The Morgan fingerprint density at radius 2 is 2.33 bits per heavy atom. The molecule has 0 amide bonds. The number of benzene rings is 1. The molecule has 1 atom stereocenters. The van der Waals surface area contributed by atoms with Crippen molar-refractivity contribution in [2.45, 2.75) is 12.6 Å². The van der Waals surface area contributed by atoms with Crippen LogP contribution in [-0.4, -0.2) is 23.5 Å². The third-order valence-corrected chi connectivity index (χ3v) is 3.99. The predicted molar refractivity (Wildman–Crippen MR) is 82.4 cm³/mol. The quantitative estimate of drug-likeness (QED) is 0.600. The third-order valence-electron chi connectivity index (χ3n) is 3.05. The molecular formula is C13H15BrClFN4O. The fourth-order valence-corrected chi connectivity index (χ4v) is 2.87. The number of hydrogen-bond donors (Lipinski definition) is 2. The van der Waals surface area contributed by atoms with Gasteiger partial charge in [0, 0.05) is 12.1 Å². The smallest absolute Gasteiger partial charge is 0.124 e. The minimum absolute atomic E-state index is 0.296. The van der Waals surface area contributed by atoms with Crippen LogP contribution in [0.5, 0.6) is 0 Å². The zero-order valence-corrected chi connectivity index (χ0v) is 13.7. The summed E-state index contributed by atoms with van der Waals surface area (Å²) < 4.78 is 20.8. The van der Waals surface area contributed by atoms with Crippen LogP contribution < -0.4 is 11.3 Å². The molecule has 1 unspecified atom stereocenters. The summed E-state index contributed by atoms with van der Waals surface area (Å²) in [6.45, 7) is 1.07. The lowest BCUT2D eigenvalue weighted by Gasteiger charge is -2.20. The van der Waals surface area contributed by atoms with Crippen molar-refractivity contribution in [2.24, 2.45) is 5.84 Å². The van der Waals surface area contributed by atoms with Gasteiger partial charge in [-0.05, 0) is 33.6 Å². The molecule has 0 radical (unpaired) electrons. The third kappa shape index (κ3) is 3.61. The van der Waals surface area contributed by atoms with Crippen LogP contribution in [0, 0.1) is 5.82 Å².